The molecule has 4 nitrogen and oxygen atoms in total. The Morgan fingerprint density at radius 3 is 2.52 bits per heavy atom. The van der Waals surface area contributed by atoms with Crippen molar-refractivity contribution in [3.63, 3.8) is 0 Å². The largest absolute Gasteiger partial charge is 0.468 e. The number of nitrogens with one attached hydrogen (secondary N) is 1. The van der Waals surface area contributed by atoms with Crippen molar-refractivity contribution in [2.24, 2.45) is 11.3 Å². The molecule has 0 aromatic heterocycles. The summed E-state index contributed by atoms with van der Waals surface area (Å²) in [4.78, 5) is 25.4. The van der Waals surface area contributed by atoms with Crippen LogP contribution in [0.15, 0.2) is 52.3 Å². The lowest BCUT2D eigenvalue weighted by Crippen LogP contribution is -2.43. The van der Waals surface area contributed by atoms with Gasteiger partial charge in [-0.25, -0.2) is 0 Å². The lowest BCUT2D eigenvalue weighted by molar-refractivity contribution is -0.144. The number of carbonyl (C=O) groups is 2. The topological polar surface area (TPSA) is 55.4 Å². The van der Waals surface area contributed by atoms with Crippen LogP contribution in [0.5, 0.6) is 0 Å². The van der Waals surface area contributed by atoms with Gasteiger partial charge in [0.2, 0.25) is 0 Å². The van der Waals surface area contributed by atoms with Gasteiger partial charge in [-0.15, -0.1) is 0 Å². The Bertz CT molecular complexity index is 777. The van der Waals surface area contributed by atoms with Crippen LogP contribution in [0.25, 0.3) is 0 Å². The summed E-state index contributed by atoms with van der Waals surface area (Å²) in [6, 6.07) is 7.74. The van der Waals surface area contributed by atoms with Gasteiger partial charge >= 0.3 is 5.97 Å². The zero-order valence-corrected chi connectivity index (χ0v) is 16.3. The minimum Gasteiger partial charge on any atom is -0.468 e. The standard InChI is InChI=1S/C20H22BrNO3/c1-11-16(19(24)25-4)17(12-5-7-13(21)8-6-12)18-14(22-11)9-20(2,3)10-15(18)23/h5-8,16-17,22H,1,9-10H2,2-4H3. The van der Waals surface area contributed by atoms with E-state index in [1.165, 1.54) is 7.11 Å². The average Bonchev–Trinajstić information content (AvgIpc) is 2.52. The second kappa shape index (κ2) is 6.45. The molecule has 0 bridgehead atoms. The first-order valence-corrected chi connectivity index (χ1v) is 9.08. The molecule has 0 radical (unpaired) electrons. The van der Waals surface area contributed by atoms with E-state index in [2.05, 4.69) is 41.7 Å². The van der Waals surface area contributed by atoms with Crippen LogP contribution < -0.4 is 5.32 Å². The van der Waals surface area contributed by atoms with E-state index in [-0.39, 0.29) is 23.1 Å². The third-order valence-electron chi connectivity index (χ3n) is 4.94. The molecule has 1 aliphatic carbocycles. The first-order chi connectivity index (χ1) is 11.7. The van der Waals surface area contributed by atoms with Gasteiger partial charge in [0.05, 0.1) is 7.11 Å². The van der Waals surface area contributed by atoms with Gasteiger partial charge in [0.1, 0.15) is 5.92 Å². The van der Waals surface area contributed by atoms with Gasteiger partial charge in [-0.1, -0.05) is 48.5 Å². The molecule has 132 valence electrons. The SMILES string of the molecule is C=C1NC2=C(C(=O)CC(C)(C)C2)C(c2ccc(Br)cc2)C1C(=O)OC. The zero-order valence-electron chi connectivity index (χ0n) is 14.7. The van der Waals surface area contributed by atoms with E-state index < -0.39 is 5.92 Å². The monoisotopic (exact) mass is 403 g/mol. The molecule has 1 aliphatic heterocycles. The molecule has 0 amide bonds. The fourth-order valence-electron chi connectivity index (χ4n) is 3.88. The summed E-state index contributed by atoms with van der Waals surface area (Å²) in [5, 5.41) is 3.23. The minimum atomic E-state index is -0.616. The van der Waals surface area contributed by atoms with E-state index >= 15 is 0 Å². The van der Waals surface area contributed by atoms with Crippen LogP contribution in [0.1, 0.15) is 38.2 Å². The van der Waals surface area contributed by atoms with Crippen molar-refractivity contribution in [2.75, 3.05) is 7.11 Å². The summed E-state index contributed by atoms with van der Waals surface area (Å²) in [6.07, 6.45) is 1.23. The van der Waals surface area contributed by atoms with Crippen LogP contribution in [-0.2, 0) is 14.3 Å². The number of hydrogen-bond acceptors (Lipinski definition) is 4. The zero-order chi connectivity index (χ0) is 18.4. The third-order valence-corrected chi connectivity index (χ3v) is 5.46. The predicted molar refractivity (Wildman–Crippen MR) is 99.7 cm³/mol. The van der Waals surface area contributed by atoms with Crippen LogP contribution in [0, 0.1) is 11.3 Å². The summed E-state index contributed by atoms with van der Waals surface area (Å²) < 4.78 is 5.96. The number of Topliss-reactive ketones (excluding diaryl/α,β-unsaturated/α-hetero) is 1. The van der Waals surface area contributed by atoms with Gasteiger partial charge in [0.25, 0.3) is 0 Å². The number of carbonyl (C=O) groups excluding carboxylic acids is 2. The quantitative estimate of drug-likeness (QED) is 0.755. The maximum absolute atomic E-state index is 13.0. The molecule has 0 fully saturated rings. The number of ketones is 1. The van der Waals surface area contributed by atoms with Gasteiger partial charge in [0.15, 0.2) is 5.78 Å². The summed E-state index contributed by atoms with van der Waals surface area (Å²) >= 11 is 3.43. The van der Waals surface area contributed by atoms with Crippen LogP contribution >= 0.6 is 15.9 Å². The minimum absolute atomic E-state index is 0.0908. The first kappa shape index (κ1) is 17.9. The first-order valence-electron chi connectivity index (χ1n) is 8.29. The molecule has 2 unspecified atom stereocenters. The average molecular weight is 404 g/mol. The molecule has 0 saturated heterocycles. The van der Waals surface area contributed by atoms with Crippen LogP contribution in [0.3, 0.4) is 0 Å². The second-order valence-electron chi connectivity index (χ2n) is 7.51. The molecule has 25 heavy (non-hydrogen) atoms. The van der Waals surface area contributed by atoms with E-state index in [1.54, 1.807) is 0 Å². The van der Waals surface area contributed by atoms with Crippen LogP contribution in [0.4, 0.5) is 0 Å². The normalized spacial score (nSPS) is 25.3. The third kappa shape index (κ3) is 3.30. The van der Waals surface area contributed by atoms with Gasteiger partial charge in [-0.2, -0.15) is 0 Å². The van der Waals surface area contributed by atoms with Gasteiger partial charge in [-0.05, 0) is 29.5 Å². The summed E-state index contributed by atoms with van der Waals surface area (Å²) in [7, 11) is 1.37. The highest BCUT2D eigenvalue weighted by Crippen LogP contribution is 2.48. The number of benzene rings is 1. The molecule has 2 atom stereocenters. The smallest absolute Gasteiger partial charge is 0.315 e. The van der Waals surface area contributed by atoms with Gasteiger partial charge in [0, 0.05) is 33.8 Å². The molecule has 1 heterocycles. The molecule has 1 aromatic carbocycles. The molecule has 1 aromatic rings. The second-order valence-corrected chi connectivity index (χ2v) is 8.43. The Morgan fingerprint density at radius 2 is 1.92 bits per heavy atom. The van der Waals surface area contributed by atoms with Crippen molar-refractivity contribution < 1.29 is 14.3 Å². The van der Waals surface area contributed by atoms with Crippen LogP contribution in [-0.4, -0.2) is 18.9 Å². The molecule has 0 spiro atoms. The number of halogens is 1. The molecule has 3 rings (SSSR count). The molecule has 0 saturated carbocycles. The highest BCUT2D eigenvalue weighted by Gasteiger charge is 2.46. The molecule has 1 N–H and O–H groups in total. The molecular formula is C20H22BrNO3. The summed E-state index contributed by atoms with van der Waals surface area (Å²) in [6.45, 7) is 8.22. The number of hydrogen-bond donors (Lipinski definition) is 1. The maximum atomic E-state index is 13.0. The van der Waals surface area contributed by atoms with E-state index in [4.69, 9.17) is 4.74 Å². The fourth-order valence-corrected chi connectivity index (χ4v) is 4.15. The van der Waals surface area contributed by atoms with Crippen molar-refractivity contribution in [1.29, 1.82) is 0 Å². The summed E-state index contributed by atoms with van der Waals surface area (Å²) in [5.41, 5.74) is 2.99. The Morgan fingerprint density at radius 1 is 1.28 bits per heavy atom. The number of rotatable bonds is 2. The van der Waals surface area contributed by atoms with Crippen molar-refractivity contribution >= 4 is 27.7 Å². The van der Waals surface area contributed by atoms with Crippen molar-refractivity contribution in [3.05, 3.63) is 57.8 Å². The van der Waals surface area contributed by atoms with Crippen molar-refractivity contribution in [1.82, 2.24) is 5.32 Å². The predicted octanol–water partition coefficient (Wildman–Crippen LogP) is 4.08. The van der Waals surface area contributed by atoms with Crippen molar-refractivity contribution in [3.8, 4) is 0 Å². The van der Waals surface area contributed by atoms with Crippen molar-refractivity contribution in [2.45, 2.75) is 32.6 Å². The fraction of sp³-hybridized carbons (Fsp3) is 0.400. The number of esters is 1. The molecular weight excluding hydrogens is 382 g/mol. The highest BCUT2D eigenvalue weighted by molar-refractivity contribution is 9.10. The molecule has 5 heteroatoms. The maximum Gasteiger partial charge on any atom is 0.315 e. The summed E-state index contributed by atoms with van der Waals surface area (Å²) in [5.74, 6) is -1.27. The van der Waals surface area contributed by atoms with E-state index in [1.807, 2.05) is 24.3 Å². The van der Waals surface area contributed by atoms with E-state index in [9.17, 15) is 9.59 Å². The highest BCUT2D eigenvalue weighted by atomic mass is 79.9. The number of allylic oxidation sites excluding steroid dienone is 2. The number of ether oxygens (including phenoxy) is 1. The lowest BCUT2D eigenvalue weighted by atomic mass is 9.66. The number of methoxy groups -OCH3 is 1. The van der Waals surface area contributed by atoms with Crippen LogP contribution in [0.2, 0.25) is 0 Å². The van der Waals surface area contributed by atoms with E-state index in [0.29, 0.717) is 17.7 Å². The Labute approximate surface area is 156 Å². The Kier molecular flexibility index (Phi) is 4.62. The Balaban J connectivity index is 2.18. The Hall–Kier alpha value is -1.88. The molecule has 2 aliphatic rings. The lowest BCUT2D eigenvalue weighted by Gasteiger charge is -2.42. The van der Waals surface area contributed by atoms with Gasteiger partial charge in [-0.3, -0.25) is 9.59 Å². The van der Waals surface area contributed by atoms with E-state index in [0.717, 1.165) is 22.2 Å². The van der Waals surface area contributed by atoms with Gasteiger partial charge < -0.3 is 10.1 Å².